The van der Waals surface area contributed by atoms with Crippen molar-refractivity contribution in [3.63, 3.8) is 0 Å². The van der Waals surface area contributed by atoms with Gasteiger partial charge in [0.25, 0.3) is 0 Å². The van der Waals surface area contributed by atoms with E-state index in [-0.39, 0.29) is 16.7 Å². The molecule has 5 rings (SSSR count). The number of rotatable bonds is 4. The lowest BCUT2D eigenvalue weighted by Gasteiger charge is -2.67. The number of ether oxygens (including phenoxy) is 1. The molecule has 1 aromatic rings. The molecule has 2 bridgehead atoms. The predicted octanol–water partition coefficient (Wildman–Crippen LogP) is 4.25. The molecule has 1 aromatic carbocycles. The molecular weight excluding hydrogens is 420 g/mol. The highest BCUT2D eigenvalue weighted by Gasteiger charge is 2.74. The minimum atomic E-state index is -1.35. The van der Waals surface area contributed by atoms with Gasteiger partial charge in [0.15, 0.2) is 0 Å². The molecule has 1 unspecified atom stereocenters. The number of aliphatic carboxylic acids is 1. The van der Waals surface area contributed by atoms with Crippen LogP contribution >= 0.6 is 0 Å². The Kier molecular flexibility index (Phi) is 5.06. The van der Waals surface area contributed by atoms with E-state index in [1.54, 1.807) is 24.3 Å². The van der Waals surface area contributed by atoms with Gasteiger partial charge in [-0.1, -0.05) is 38.5 Å². The number of carbonyl (C=O) groups is 3. The summed E-state index contributed by atoms with van der Waals surface area (Å²) in [6.07, 6.45) is 4.70. The number of hydrogen-bond donors (Lipinski definition) is 2. The Morgan fingerprint density at radius 1 is 1.09 bits per heavy atom. The Labute approximate surface area is 194 Å². The van der Waals surface area contributed by atoms with Gasteiger partial charge >= 0.3 is 11.9 Å². The molecule has 7 atom stereocenters. The fourth-order valence-corrected chi connectivity index (χ4v) is 8.70. The molecule has 0 heterocycles. The molecule has 178 valence electrons. The summed E-state index contributed by atoms with van der Waals surface area (Å²) in [5.74, 6) is -1.62. The van der Waals surface area contributed by atoms with E-state index in [9.17, 15) is 24.6 Å². The summed E-state index contributed by atoms with van der Waals surface area (Å²) in [5, 5.41) is 20.9. The molecular formula is C27H34O6. The van der Waals surface area contributed by atoms with E-state index in [4.69, 9.17) is 4.74 Å². The van der Waals surface area contributed by atoms with Crippen LogP contribution in [-0.4, -0.2) is 40.6 Å². The third-order valence-corrected chi connectivity index (χ3v) is 10.3. The van der Waals surface area contributed by atoms with Gasteiger partial charge in [0.2, 0.25) is 0 Å². The van der Waals surface area contributed by atoms with Crippen LogP contribution < -0.4 is 0 Å². The zero-order valence-corrected chi connectivity index (χ0v) is 19.5. The molecule has 0 aromatic heterocycles. The van der Waals surface area contributed by atoms with E-state index in [0.29, 0.717) is 37.0 Å². The Hall–Kier alpha value is -2.21. The van der Waals surface area contributed by atoms with Gasteiger partial charge in [-0.25, -0.2) is 4.79 Å². The van der Waals surface area contributed by atoms with Crippen LogP contribution in [-0.2, 0) is 14.3 Å². The Balaban J connectivity index is 1.62. The molecule has 2 N–H and O–H groups in total. The smallest absolute Gasteiger partial charge is 0.338 e. The van der Waals surface area contributed by atoms with E-state index >= 15 is 0 Å². The summed E-state index contributed by atoms with van der Waals surface area (Å²) in [6.45, 7) is 3.76. The van der Waals surface area contributed by atoms with Gasteiger partial charge in [-0.15, -0.1) is 0 Å². The van der Waals surface area contributed by atoms with Crippen LogP contribution in [0.25, 0.3) is 0 Å². The van der Waals surface area contributed by atoms with E-state index in [1.165, 1.54) is 0 Å². The Morgan fingerprint density at radius 3 is 2.48 bits per heavy atom. The minimum Gasteiger partial charge on any atom is -0.481 e. The SMILES string of the molecule is CC12CC[C@]3(C1)[C@H](CC2=O)C[C@@H](OC(=O)c1ccccc1)[C@H]1[C@@](CO)(C(=O)O)CCC[C@@]13C. The Morgan fingerprint density at radius 2 is 1.82 bits per heavy atom. The largest absolute Gasteiger partial charge is 0.481 e. The number of benzene rings is 1. The van der Waals surface area contributed by atoms with Gasteiger partial charge in [-0.05, 0) is 67.4 Å². The van der Waals surface area contributed by atoms with Crippen molar-refractivity contribution >= 4 is 17.7 Å². The first-order valence-electron chi connectivity index (χ1n) is 12.3. The number of carboxylic acids is 1. The third kappa shape index (κ3) is 2.92. The first-order valence-corrected chi connectivity index (χ1v) is 12.3. The minimum absolute atomic E-state index is 0.0682. The number of esters is 1. The third-order valence-electron chi connectivity index (χ3n) is 10.3. The van der Waals surface area contributed by atoms with E-state index in [1.807, 2.05) is 6.07 Å². The van der Waals surface area contributed by atoms with E-state index in [0.717, 1.165) is 25.7 Å². The van der Waals surface area contributed by atoms with Crippen molar-refractivity contribution in [1.82, 2.24) is 0 Å². The summed E-state index contributed by atoms with van der Waals surface area (Å²) in [4.78, 5) is 38.9. The highest BCUT2D eigenvalue weighted by Crippen LogP contribution is 2.75. The van der Waals surface area contributed by atoms with Gasteiger partial charge < -0.3 is 14.9 Å². The first kappa shape index (κ1) is 22.6. The molecule has 4 saturated carbocycles. The number of ketones is 1. The number of aliphatic hydroxyl groups excluding tert-OH is 1. The normalized spacial score (nSPS) is 44.0. The molecule has 6 nitrogen and oxygen atoms in total. The van der Waals surface area contributed by atoms with Crippen LogP contribution in [0.2, 0.25) is 0 Å². The van der Waals surface area contributed by atoms with Crippen molar-refractivity contribution in [2.45, 2.75) is 71.3 Å². The Bertz CT molecular complexity index is 990. The maximum Gasteiger partial charge on any atom is 0.338 e. The maximum absolute atomic E-state index is 13.1. The fourth-order valence-electron chi connectivity index (χ4n) is 8.70. The van der Waals surface area contributed by atoms with Crippen LogP contribution in [0.4, 0.5) is 0 Å². The zero-order chi connectivity index (χ0) is 23.6. The van der Waals surface area contributed by atoms with E-state index < -0.39 is 41.4 Å². The topological polar surface area (TPSA) is 101 Å². The quantitative estimate of drug-likeness (QED) is 0.660. The van der Waals surface area contributed by atoms with Crippen molar-refractivity contribution in [1.29, 1.82) is 0 Å². The molecule has 33 heavy (non-hydrogen) atoms. The van der Waals surface area contributed by atoms with Crippen molar-refractivity contribution in [2.24, 2.45) is 33.5 Å². The first-order chi connectivity index (χ1) is 15.6. The molecule has 0 radical (unpaired) electrons. The van der Waals surface area contributed by atoms with Crippen LogP contribution in [0.1, 0.15) is 75.6 Å². The molecule has 0 amide bonds. The summed E-state index contributed by atoms with van der Waals surface area (Å²) in [6, 6.07) is 8.74. The molecule has 4 aliphatic carbocycles. The van der Waals surface area contributed by atoms with Crippen LogP contribution in [0.15, 0.2) is 30.3 Å². The fraction of sp³-hybridized carbons (Fsp3) is 0.667. The number of fused-ring (bicyclic) bond motifs is 2. The van der Waals surface area contributed by atoms with Crippen LogP contribution in [0, 0.1) is 33.5 Å². The summed E-state index contributed by atoms with van der Waals surface area (Å²) < 4.78 is 6.11. The van der Waals surface area contributed by atoms with Crippen molar-refractivity contribution in [3.8, 4) is 0 Å². The van der Waals surface area contributed by atoms with Gasteiger partial charge in [0.05, 0.1) is 17.6 Å². The zero-order valence-electron chi connectivity index (χ0n) is 19.5. The van der Waals surface area contributed by atoms with Gasteiger partial charge in [0.1, 0.15) is 11.9 Å². The second-order valence-corrected chi connectivity index (χ2v) is 11.6. The predicted molar refractivity (Wildman–Crippen MR) is 120 cm³/mol. The molecule has 4 aliphatic rings. The van der Waals surface area contributed by atoms with Crippen LogP contribution in [0.3, 0.4) is 0 Å². The average molecular weight is 455 g/mol. The average Bonchev–Trinajstić information content (AvgIpc) is 3.13. The molecule has 1 spiro atoms. The van der Waals surface area contributed by atoms with Crippen LogP contribution in [0.5, 0.6) is 0 Å². The van der Waals surface area contributed by atoms with Crippen molar-refractivity contribution in [3.05, 3.63) is 35.9 Å². The lowest BCUT2D eigenvalue weighted by molar-refractivity contribution is -0.233. The number of hydrogen-bond acceptors (Lipinski definition) is 5. The number of aliphatic hydroxyl groups is 1. The molecule has 6 heteroatoms. The molecule has 4 fully saturated rings. The summed E-state index contributed by atoms with van der Waals surface area (Å²) in [5.41, 5.74) is -1.87. The lowest BCUT2D eigenvalue weighted by Crippen LogP contribution is -2.67. The second-order valence-electron chi connectivity index (χ2n) is 11.6. The van der Waals surface area contributed by atoms with E-state index in [2.05, 4.69) is 13.8 Å². The van der Waals surface area contributed by atoms with Gasteiger partial charge in [-0.2, -0.15) is 0 Å². The summed E-state index contributed by atoms with van der Waals surface area (Å²) >= 11 is 0. The van der Waals surface area contributed by atoms with Gasteiger partial charge in [-0.3, -0.25) is 9.59 Å². The van der Waals surface area contributed by atoms with Crippen molar-refractivity contribution < 1.29 is 29.3 Å². The summed E-state index contributed by atoms with van der Waals surface area (Å²) in [7, 11) is 0. The standard InChI is InChI=1S/C27H34O6/c1-24-11-12-27(15-24)18(14-20(24)29)13-19(33-22(30)17-7-4-3-5-8-17)21-25(27,2)9-6-10-26(21,16-28)23(31)32/h3-5,7-8,18-19,21,28H,6,9-16H2,1-2H3,(H,31,32)/t18-,19+,21+,24?,25-,26+,27-/m0/s1. The highest BCUT2D eigenvalue weighted by molar-refractivity contribution is 5.89. The van der Waals surface area contributed by atoms with Crippen molar-refractivity contribution in [2.75, 3.05) is 6.61 Å². The second kappa shape index (κ2) is 7.39. The molecule has 0 saturated heterocycles. The maximum atomic E-state index is 13.1. The highest BCUT2D eigenvalue weighted by atomic mass is 16.5. The molecule has 0 aliphatic heterocycles. The number of carbonyl (C=O) groups excluding carboxylic acids is 2. The monoisotopic (exact) mass is 454 g/mol. The van der Waals surface area contributed by atoms with Gasteiger partial charge in [0, 0.05) is 17.8 Å². The lowest BCUT2D eigenvalue weighted by atomic mass is 9.37. The number of Topliss-reactive ketones (excluding diaryl/α,β-unsaturated/α-hetero) is 1. The number of carboxylic acid groups (broad SMARTS) is 1.